The van der Waals surface area contributed by atoms with E-state index < -0.39 is 5.97 Å². The van der Waals surface area contributed by atoms with Crippen molar-refractivity contribution in [1.29, 1.82) is 0 Å². The van der Waals surface area contributed by atoms with Crippen molar-refractivity contribution in [1.82, 2.24) is 9.97 Å². The van der Waals surface area contributed by atoms with Gasteiger partial charge >= 0.3 is 5.97 Å². The number of esters is 1. The van der Waals surface area contributed by atoms with Crippen LogP contribution in [0.1, 0.15) is 17.4 Å². The van der Waals surface area contributed by atoms with Crippen LogP contribution in [0.3, 0.4) is 0 Å². The minimum atomic E-state index is -0.764. The minimum Gasteiger partial charge on any atom is -0.505 e. The first-order valence-corrected chi connectivity index (χ1v) is 8.05. The van der Waals surface area contributed by atoms with Crippen LogP contribution in [-0.4, -0.2) is 27.7 Å². The third-order valence-corrected chi connectivity index (χ3v) is 3.85. The Morgan fingerprint density at radius 2 is 1.92 bits per heavy atom. The molecular formula is C17H12Cl2N2O4. The molecule has 1 aromatic carbocycles. The smallest absolute Gasteiger partial charge is 0.360 e. The minimum absolute atomic E-state index is 0.0551. The van der Waals surface area contributed by atoms with E-state index in [0.29, 0.717) is 10.8 Å². The van der Waals surface area contributed by atoms with E-state index in [4.69, 9.17) is 32.7 Å². The van der Waals surface area contributed by atoms with E-state index in [-0.39, 0.29) is 40.0 Å². The molecule has 3 aromatic rings. The molecule has 0 atom stereocenters. The van der Waals surface area contributed by atoms with E-state index in [1.807, 2.05) is 0 Å². The van der Waals surface area contributed by atoms with Gasteiger partial charge in [0.05, 0.1) is 11.6 Å². The Hall–Kier alpha value is -2.57. The second kappa shape index (κ2) is 7.13. The Bertz CT molecular complexity index is 963. The van der Waals surface area contributed by atoms with E-state index in [1.165, 1.54) is 12.1 Å². The summed E-state index contributed by atoms with van der Waals surface area (Å²) >= 11 is 12.2. The van der Waals surface area contributed by atoms with Crippen LogP contribution < -0.4 is 4.74 Å². The van der Waals surface area contributed by atoms with Gasteiger partial charge < -0.3 is 14.6 Å². The quantitative estimate of drug-likeness (QED) is 0.527. The van der Waals surface area contributed by atoms with Gasteiger partial charge in [0.1, 0.15) is 11.3 Å². The number of halogens is 2. The molecular weight excluding hydrogens is 367 g/mol. The number of hydrogen-bond acceptors (Lipinski definition) is 6. The number of carbonyl (C=O) groups excluding carboxylic acids is 1. The van der Waals surface area contributed by atoms with Crippen LogP contribution in [0.5, 0.6) is 17.4 Å². The zero-order chi connectivity index (χ0) is 18.0. The van der Waals surface area contributed by atoms with Gasteiger partial charge in [-0.05, 0) is 25.1 Å². The maximum Gasteiger partial charge on any atom is 0.360 e. The molecule has 25 heavy (non-hydrogen) atoms. The lowest BCUT2D eigenvalue weighted by Gasteiger charge is -2.10. The van der Waals surface area contributed by atoms with Crippen molar-refractivity contribution in [2.45, 2.75) is 6.92 Å². The summed E-state index contributed by atoms with van der Waals surface area (Å²) in [5.41, 5.74) is -0.0716. The van der Waals surface area contributed by atoms with E-state index in [0.717, 1.165) is 0 Å². The van der Waals surface area contributed by atoms with E-state index in [9.17, 15) is 9.90 Å². The Balaban J connectivity index is 2.04. The van der Waals surface area contributed by atoms with Crippen LogP contribution in [-0.2, 0) is 4.74 Å². The molecule has 0 bridgehead atoms. The highest BCUT2D eigenvalue weighted by molar-refractivity contribution is 6.34. The molecule has 1 N–H and O–H groups in total. The molecule has 0 amide bonds. The maximum atomic E-state index is 11.8. The van der Waals surface area contributed by atoms with E-state index in [2.05, 4.69) is 9.97 Å². The highest BCUT2D eigenvalue weighted by atomic mass is 35.5. The standard InChI is InChI=1S/C17H12Cl2N2O4/c1-2-24-17(23)14-15(22)9-7-8-12(20-13(9)16(19)21-14)25-11-6-4-3-5-10(11)18/h3-8,22H,2H2,1H3. The molecule has 0 saturated heterocycles. The van der Waals surface area contributed by atoms with Crippen LogP contribution >= 0.6 is 23.2 Å². The molecule has 0 aliphatic heterocycles. The van der Waals surface area contributed by atoms with Crippen LogP contribution in [0.15, 0.2) is 36.4 Å². The fourth-order valence-electron chi connectivity index (χ4n) is 2.16. The summed E-state index contributed by atoms with van der Waals surface area (Å²) < 4.78 is 10.5. The molecule has 0 aliphatic rings. The number of fused-ring (bicyclic) bond motifs is 1. The highest BCUT2D eigenvalue weighted by Crippen LogP contribution is 2.34. The first kappa shape index (κ1) is 17.3. The molecule has 2 heterocycles. The third-order valence-electron chi connectivity index (χ3n) is 3.27. The predicted octanol–water partition coefficient (Wildman–Crippen LogP) is 4.61. The molecule has 128 valence electrons. The van der Waals surface area contributed by atoms with Crippen molar-refractivity contribution < 1.29 is 19.4 Å². The average molecular weight is 379 g/mol. The van der Waals surface area contributed by atoms with E-state index >= 15 is 0 Å². The fraction of sp³-hybridized carbons (Fsp3) is 0.118. The number of benzene rings is 1. The highest BCUT2D eigenvalue weighted by Gasteiger charge is 2.21. The van der Waals surface area contributed by atoms with Crippen LogP contribution in [0.2, 0.25) is 10.2 Å². The number of carbonyl (C=O) groups is 1. The third kappa shape index (κ3) is 3.45. The number of rotatable bonds is 4. The maximum absolute atomic E-state index is 11.8. The van der Waals surface area contributed by atoms with Gasteiger partial charge in [0, 0.05) is 11.5 Å². The first-order chi connectivity index (χ1) is 12.0. The number of aromatic hydroxyl groups is 1. The number of pyridine rings is 2. The van der Waals surface area contributed by atoms with Gasteiger partial charge in [-0.25, -0.2) is 14.8 Å². The summed E-state index contributed by atoms with van der Waals surface area (Å²) in [6.07, 6.45) is 0. The predicted molar refractivity (Wildman–Crippen MR) is 93.7 cm³/mol. The fourth-order valence-corrected chi connectivity index (χ4v) is 2.56. The number of para-hydroxylation sites is 1. The molecule has 6 nitrogen and oxygen atoms in total. The molecule has 0 saturated carbocycles. The van der Waals surface area contributed by atoms with Crippen molar-refractivity contribution in [3.63, 3.8) is 0 Å². The number of aromatic nitrogens is 2. The second-order valence-electron chi connectivity index (χ2n) is 4.90. The van der Waals surface area contributed by atoms with Crippen LogP contribution in [0, 0.1) is 0 Å². The summed E-state index contributed by atoms with van der Waals surface area (Å²) in [6, 6.07) is 9.98. The monoisotopic (exact) mass is 378 g/mol. The van der Waals surface area contributed by atoms with Crippen molar-refractivity contribution >= 4 is 40.1 Å². The summed E-state index contributed by atoms with van der Waals surface area (Å²) in [7, 11) is 0. The molecule has 0 fully saturated rings. The number of ether oxygens (including phenoxy) is 2. The van der Waals surface area contributed by atoms with Crippen molar-refractivity contribution in [2.75, 3.05) is 6.61 Å². The molecule has 0 unspecified atom stereocenters. The van der Waals surface area contributed by atoms with Gasteiger partial charge in [-0.3, -0.25) is 0 Å². The lowest BCUT2D eigenvalue weighted by molar-refractivity contribution is 0.0516. The Labute approximate surface area is 152 Å². The van der Waals surface area contributed by atoms with Crippen molar-refractivity contribution in [3.8, 4) is 17.4 Å². The van der Waals surface area contributed by atoms with Gasteiger partial charge in [-0.2, -0.15) is 0 Å². The Morgan fingerprint density at radius 1 is 1.16 bits per heavy atom. The summed E-state index contributed by atoms with van der Waals surface area (Å²) in [4.78, 5) is 20.0. The molecule has 0 aliphatic carbocycles. The van der Waals surface area contributed by atoms with E-state index in [1.54, 1.807) is 31.2 Å². The van der Waals surface area contributed by atoms with Crippen LogP contribution in [0.4, 0.5) is 0 Å². The van der Waals surface area contributed by atoms with Gasteiger partial charge in [-0.1, -0.05) is 35.3 Å². The zero-order valence-electron chi connectivity index (χ0n) is 13.0. The van der Waals surface area contributed by atoms with Gasteiger partial charge in [0.2, 0.25) is 5.88 Å². The molecule has 0 radical (unpaired) electrons. The van der Waals surface area contributed by atoms with Crippen LogP contribution in [0.25, 0.3) is 10.9 Å². The summed E-state index contributed by atoms with van der Waals surface area (Å²) in [5, 5.41) is 10.9. The average Bonchev–Trinajstić information content (AvgIpc) is 2.60. The number of nitrogens with zero attached hydrogens (tertiary/aromatic N) is 2. The van der Waals surface area contributed by atoms with Gasteiger partial charge in [0.15, 0.2) is 16.6 Å². The molecule has 2 aromatic heterocycles. The van der Waals surface area contributed by atoms with Crippen molar-refractivity contribution in [3.05, 3.63) is 52.3 Å². The molecule has 8 heteroatoms. The Kier molecular flexibility index (Phi) is 4.92. The lowest BCUT2D eigenvalue weighted by Crippen LogP contribution is -2.08. The summed E-state index contributed by atoms with van der Waals surface area (Å²) in [6.45, 7) is 1.80. The summed E-state index contributed by atoms with van der Waals surface area (Å²) in [5.74, 6) is -0.477. The largest absolute Gasteiger partial charge is 0.505 e. The van der Waals surface area contributed by atoms with Gasteiger partial charge in [0.25, 0.3) is 0 Å². The zero-order valence-corrected chi connectivity index (χ0v) is 14.5. The van der Waals surface area contributed by atoms with Crippen molar-refractivity contribution in [2.24, 2.45) is 0 Å². The SMILES string of the molecule is CCOC(=O)c1nc(Cl)c2nc(Oc3ccccc3Cl)ccc2c1O. The first-order valence-electron chi connectivity index (χ1n) is 7.30. The lowest BCUT2D eigenvalue weighted by atomic mass is 10.2. The normalized spacial score (nSPS) is 10.7. The second-order valence-corrected chi connectivity index (χ2v) is 5.66. The topological polar surface area (TPSA) is 81.5 Å². The van der Waals surface area contributed by atoms with Gasteiger partial charge in [-0.15, -0.1) is 0 Å². The molecule has 0 spiro atoms. The number of hydrogen-bond donors (Lipinski definition) is 1. The Morgan fingerprint density at radius 3 is 2.64 bits per heavy atom. The molecule has 3 rings (SSSR count).